The fraction of sp³-hybridized carbons (Fsp3) is 0.543. The first-order valence-corrected chi connectivity index (χ1v) is 17.3. The number of likely N-dealkylation sites (tertiary alicyclic amines) is 2. The number of carbonyl (C=O) groups excluding carboxylic acids is 2. The van der Waals surface area contributed by atoms with Gasteiger partial charge in [-0.15, -0.1) is 10.2 Å². The summed E-state index contributed by atoms with van der Waals surface area (Å²) >= 11 is 1.56. The van der Waals surface area contributed by atoms with Crippen LogP contribution < -0.4 is 4.74 Å². The average Bonchev–Trinajstić information content (AvgIpc) is 3.68. The van der Waals surface area contributed by atoms with E-state index in [1.165, 1.54) is 12.1 Å². The van der Waals surface area contributed by atoms with E-state index in [-0.39, 0.29) is 35.9 Å². The summed E-state index contributed by atoms with van der Waals surface area (Å²) in [5.74, 6) is 0.510. The molecule has 11 heteroatoms. The Kier molecular flexibility index (Phi) is 10.0. The van der Waals surface area contributed by atoms with Crippen LogP contribution in [-0.4, -0.2) is 88.7 Å². The highest BCUT2D eigenvalue weighted by atomic mass is 32.1. The SMILES string of the molecule is CC(C)c1nnc(-c2ccc(Oc3cc(C(=O)N(C)C4CCN(C5CCOCC5)CC4)c(F)cc3CN3C[C@@H](C)CC3=O)cc2)s1. The molecule has 0 aliphatic carbocycles. The summed E-state index contributed by atoms with van der Waals surface area (Å²) in [6, 6.07) is 10.9. The molecule has 0 spiro atoms. The summed E-state index contributed by atoms with van der Waals surface area (Å²) < 4.78 is 27.6. The molecule has 46 heavy (non-hydrogen) atoms. The molecule has 9 nitrogen and oxygen atoms in total. The fourth-order valence-electron chi connectivity index (χ4n) is 6.73. The van der Waals surface area contributed by atoms with Gasteiger partial charge >= 0.3 is 0 Å². The number of rotatable bonds is 9. The van der Waals surface area contributed by atoms with Crippen LogP contribution in [0.15, 0.2) is 36.4 Å². The first kappa shape index (κ1) is 32.5. The lowest BCUT2D eigenvalue weighted by Crippen LogP contribution is -2.49. The van der Waals surface area contributed by atoms with Gasteiger partial charge in [-0.25, -0.2) is 4.39 Å². The Hall–Kier alpha value is -3.41. The van der Waals surface area contributed by atoms with E-state index in [9.17, 15) is 9.59 Å². The Labute approximate surface area is 274 Å². The van der Waals surface area contributed by atoms with E-state index < -0.39 is 5.82 Å². The van der Waals surface area contributed by atoms with Crippen LogP contribution in [0.5, 0.6) is 11.5 Å². The van der Waals surface area contributed by atoms with E-state index in [1.807, 2.05) is 31.2 Å². The Balaban J connectivity index is 1.21. The molecule has 3 fully saturated rings. The largest absolute Gasteiger partial charge is 0.457 e. The van der Waals surface area contributed by atoms with Crippen molar-refractivity contribution in [2.45, 2.75) is 77.4 Å². The minimum absolute atomic E-state index is 0.0269. The molecule has 3 aliphatic rings. The number of halogens is 1. The highest BCUT2D eigenvalue weighted by Crippen LogP contribution is 2.34. The van der Waals surface area contributed by atoms with Crippen LogP contribution in [0.4, 0.5) is 4.39 Å². The van der Waals surface area contributed by atoms with Crippen LogP contribution in [0.3, 0.4) is 0 Å². The van der Waals surface area contributed by atoms with Crippen molar-refractivity contribution in [1.29, 1.82) is 0 Å². The van der Waals surface area contributed by atoms with Crippen molar-refractivity contribution in [3.05, 3.63) is 58.3 Å². The van der Waals surface area contributed by atoms with Crippen molar-refractivity contribution in [3.8, 4) is 22.1 Å². The van der Waals surface area contributed by atoms with Crippen LogP contribution in [0.2, 0.25) is 0 Å². The lowest BCUT2D eigenvalue weighted by Gasteiger charge is -2.41. The Morgan fingerprint density at radius 2 is 1.83 bits per heavy atom. The number of aromatic nitrogens is 2. The highest BCUT2D eigenvalue weighted by molar-refractivity contribution is 7.14. The quantitative estimate of drug-likeness (QED) is 0.267. The zero-order chi connectivity index (χ0) is 32.4. The molecule has 6 rings (SSSR count). The second kappa shape index (κ2) is 14.1. The number of piperidine rings is 1. The Morgan fingerprint density at radius 3 is 2.46 bits per heavy atom. The van der Waals surface area contributed by atoms with Gasteiger partial charge in [0, 0.05) is 82.0 Å². The lowest BCUT2D eigenvalue weighted by molar-refractivity contribution is -0.128. The monoisotopic (exact) mass is 649 g/mol. The van der Waals surface area contributed by atoms with Gasteiger partial charge in [-0.05, 0) is 68.0 Å². The van der Waals surface area contributed by atoms with Crippen molar-refractivity contribution in [1.82, 2.24) is 24.9 Å². The molecule has 0 radical (unpaired) electrons. The molecule has 1 atom stereocenters. The molecule has 0 N–H and O–H groups in total. The van der Waals surface area contributed by atoms with Crippen molar-refractivity contribution in [3.63, 3.8) is 0 Å². The van der Waals surface area contributed by atoms with E-state index in [0.29, 0.717) is 42.0 Å². The molecular formula is C35H44FN5O4S. The predicted octanol–water partition coefficient (Wildman–Crippen LogP) is 6.34. The molecule has 2 amide bonds. The molecular weight excluding hydrogens is 605 g/mol. The van der Waals surface area contributed by atoms with Crippen molar-refractivity contribution in [2.75, 3.05) is 39.9 Å². The van der Waals surface area contributed by atoms with E-state index in [1.54, 1.807) is 28.2 Å². The highest BCUT2D eigenvalue weighted by Gasteiger charge is 2.32. The molecule has 3 aliphatic heterocycles. The third-order valence-corrected chi connectivity index (χ3v) is 10.8. The molecule has 3 aromatic rings. The molecule has 0 saturated carbocycles. The van der Waals surface area contributed by atoms with Gasteiger partial charge in [0.15, 0.2) is 0 Å². The van der Waals surface area contributed by atoms with Gasteiger partial charge in [-0.3, -0.25) is 9.59 Å². The van der Waals surface area contributed by atoms with Gasteiger partial charge in [0.1, 0.15) is 27.3 Å². The maximum Gasteiger partial charge on any atom is 0.256 e. The minimum atomic E-state index is -0.605. The first-order chi connectivity index (χ1) is 22.2. The predicted molar refractivity (Wildman–Crippen MR) is 176 cm³/mol. The molecule has 1 aromatic heterocycles. The Morgan fingerprint density at radius 1 is 1.11 bits per heavy atom. The number of hydrogen-bond acceptors (Lipinski definition) is 8. The summed E-state index contributed by atoms with van der Waals surface area (Å²) in [4.78, 5) is 32.4. The minimum Gasteiger partial charge on any atom is -0.457 e. The lowest BCUT2D eigenvalue weighted by atomic mass is 9.98. The van der Waals surface area contributed by atoms with Crippen LogP contribution in [0, 0.1) is 11.7 Å². The number of nitrogens with zero attached hydrogens (tertiary/aromatic N) is 5. The van der Waals surface area contributed by atoms with Gasteiger partial charge in [-0.2, -0.15) is 0 Å². The van der Waals surface area contributed by atoms with E-state index in [4.69, 9.17) is 9.47 Å². The topological polar surface area (TPSA) is 88.1 Å². The van der Waals surface area contributed by atoms with Crippen LogP contribution in [0.1, 0.15) is 79.7 Å². The first-order valence-electron chi connectivity index (χ1n) is 16.5. The van der Waals surface area contributed by atoms with Gasteiger partial charge in [-0.1, -0.05) is 32.1 Å². The molecule has 2 aromatic carbocycles. The zero-order valence-electron chi connectivity index (χ0n) is 27.2. The summed E-state index contributed by atoms with van der Waals surface area (Å²) in [5, 5.41) is 10.4. The van der Waals surface area contributed by atoms with E-state index >= 15 is 4.39 Å². The second-order valence-electron chi connectivity index (χ2n) is 13.3. The maximum atomic E-state index is 15.8. The van der Waals surface area contributed by atoms with Crippen LogP contribution in [-0.2, 0) is 16.1 Å². The van der Waals surface area contributed by atoms with Crippen LogP contribution in [0.25, 0.3) is 10.6 Å². The standard InChI is InChI=1S/C35H44FN5O4S/c1-22(2)33-37-38-34(46-33)24-5-7-28(8-6-24)45-31-19-29(30(36)18-25(31)21-41-20-23(3)17-32(41)42)35(43)39(4)26-9-13-40(14-10-26)27-11-15-44-16-12-27/h5-8,18-19,22-23,26-27H,9-17,20-21H2,1-4H3/t23-/m0/s1. The number of ether oxygens (including phenoxy) is 2. The number of amides is 2. The zero-order valence-corrected chi connectivity index (χ0v) is 28.0. The summed E-state index contributed by atoms with van der Waals surface area (Å²) in [5.41, 5.74) is 1.42. The van der Waals surface area contributed by atoms with Gasteiger partial charge < -0.3 is 24.2 Å². The summed E-state index contributed by atoms with van der Waals surface area (Å²) in [6.07, 6.45) is 4.26. The van der Waals surface area contributed by atoms with Crippen molar-refractivity contribution < 1.29 is 23.5 Å². The third-order valence-electron chi connectivity index (χ3n) is 9.49. The molecule has 4 heterocycles. The summed E-state index contributed by atoms with van der Waals surface area (Å²) in [7, 11) is 1.77. The number of hydrogen-bond donors (Lipinski definition) is 0. The van der Waals surface area contributed by atoms with Gasteiger partial charge in [0.25, 0.3) is 5.91 Å². The smallest absolute Gasteiger partial charge is 0.256 e. The maximum absolute atomic E-state index is 15.8. The van der Waals surface area contributed by atoms with Gasteiger partial charge in [0.05, 0.1) is 5.56 Å². The van der Waals surface area contributed by atoms with Crippen molar-refractivity contribution >= 4 is 23.2 Å². The molecule has 3 saturated heterocycles. The Bertz CT molecular complexity index is 1530. The molecule has 246 valence electrons. The molecule has 0 bridgehead atoms. The number of benzene rings is 2. The van der Waals surface area contributed by atoms with E-state index in [0.717, 1.165) is 67.6 Å². The third kappa shape index (κ3) is 7.26. The van der Waals surface area contributed by atoms with Crippen molar-refractivity contribution in [2.24, 2.45) is 5.92 Å². The average molecular weight is 650 g/mol. The van der Waals surface area contributed by atoms with E-state index in [2.05, 4.69) is 28.9 Å². The second-order valence-corrected chi connectivity index (χ2v) is 14.3. The fourth-order valence-corrected chi connectivity index (χ4v) is 7.58. The van der Waals surface area contributed by atoms with Crippen LogP contribution >= 0.6 is 11.3 Å². The van der Waals surface area contributed by atoms with Gasteiger partial charge in [0.2, 0.25) is 5.91 Å². The molecule has 0 unspecified atom stereocenters. The number of carbonyl (C=O) groups is 2. The summed E-state index contributed by atoms with van der Waals surface area (Å²) in [6.45, 7) is 10.5. The normalized spacial score (nSPS) is 20.1.